The van der Waals surface area contributed by atoms with Gasteiger partial charge < -0.3 is 28.7 Å². The maximum atomic E-state index is 12.6. The van der Waals surface area contributed by atoms with Gasteiger partial charge in [-0.1, -0.05) is 65.1 Å². The van der Waals surface area contributed by atoms with Gasteiger partial charge in [-0.15, -0.1) is 0 Å². The van der Waals surface area contributed by atoms with Crippen LogP contribution in [0, 0.1) is 3.57 Å². The lowest BCUT2D eigenvalue weighted by Crippen LogP contribution is -3.00. The first-order valence-electron chi connectivity index (χ1n) is 10.5. The lowest BCUT2D eigenvalue weighted by Gasteiger charge is -2.17. The normalized spacial score (nSPS) is 11.7. The van der Waals surface area contributed by atoms with Gasteiger partial charge >= 0.3 is 0 Å². The highest BCUT2D eigenvalue weighted by Crippen LogP contribution is 2.26. The SMILES string of the molecule is O=C(C[n+]1ccn(CC(OCc2ccc(Cl)cc2Cl)c2ccc(Cl)cc2)c1)c1ccc(I)cc1.[I-]. The summed E-state index contributed by atoms with van der Waals surface area (Å²) in [6, 6.07) is 20.5. The molecule has 4 nitrogen and oxygen atoms in total. The van der Waals surface area contributed by atoms with Gasteiger partial charge in [-0.2, -0.15) is 0 Å². The van der Waals surface area contributed by atoms with Crippen LogP contribution >= 0.6 is 57.4 Å². The lowest BCUT2D eigenvalue weighted by molar-refractivity contribution is -0.682. The van der Waals surface area contributed by atoms with Crippen molar-refractivity contribution in [1.29, 1.82) is 0 Å². The topological polar surface area (TPSA) is 35.1 Å². The number of halogens is 5. The highest BCUT2D eigenvalue weighted by Gasteiger charge is 2.19. The van der Waals surface area contributed by atoms with Gasteiger partial charge in [-0.3, -0.25) is 4.79 Å². The largest absolute Gasteiger partial charge is 1.00 e. The summed E-state index contributed by atoms with van der Waals surface area (Å²) >= 11 is 20.7. The highest BCUT2D eigenvalue weighted by atomic mass is 127. The van der Waals surface area contributed by atoms with Gasteiger partial charge in [-0.25, -0.2) is 9.13 Å². The van der Waals surface area contributed by atoms with Crippen LogP contribution in [0.3, 0.4) is 0 Å². The average Bonchev–Trinajstić information content (AvgIpc) is 3.25. The molecule has 0 N–H and O–H groups in total. The molecule has 0 aliphatic rings. The Labute approximate surface area is 250 Å². The van der Waals surface area contributed by atoms with Crippen LogP contribution in [0.25, 0.3) is 0 Å². The number of carbonyl (C=O) groups is 1. The Kier molecular flexibility index (Phi) is 10.9. The Hall–Kier alpha value is -1.17. The van der Waals surface area contributed by atoms with Crippen molar-refractivity contribution in [1.82, 2.24) is 4.57 Å². The number of benzene rings is 3. The second kappa shape index (κ2) is 13.4. The molecule has 9 heteroatoms. The fourth-order valence-corrected chi connectivity index (χ4v) is 4.43. The van der Waals surface area contributed by atoms with Gasteiger partial charge in [0.15, 0.2) is 6.54 Å². The Morgan fingerprint density at radius 2 is 1.66 bits per heavy atom. The van der Waals surface area contributed by atoms with Crippen LogP contribution in [0.4, 0.5) is 0 Å². The maximum Gasteiger partial charge on any atom is 0.244 e. The van der Waals surface area contributed by atoms with Crippen LogP contribution < -0.4 is 28.5 Å². The summed E-state index contributed by atoms with van der Waals surface area (Å²) in [5.41, 5.74) is 2.54. The van der Waals surface area contributed by atoms with Crippen molar-refractivity contribution < 1.29 is 38.1 Å². The molecule has 0 fully saturated rings. The van der Waals surface area contributed by atoms with Crippen molar-refractivity contribution in [2.75, 3.05) is 0 Å². The minimum atomic E-state index is -0.253. The van der Waals surface area contributed by atoms with Crippen molar-refractivity contribution in [3.8, 4) is 0 Å². The lowest BCUT2D eigenvalue weighted by atomic mass is 10.1. The molecule has 0 saturated carbocycles. The number of nitrogens with zero attached hydrogens (tertiary/aromatic N) is 2. The predicted octanol–water partition coefficient (Wildman–Crippen LogP) is 4.19. The molecule has 1 unspecified atom stereocenters. The molecule has 4 rings (SSSR count). The third-order valence-electron chi connectivity index (χ3n) is 5.31. The monoisotopic (exact) mass is 752 g/mol. The van der Waals surface area contributed by atoms with Crippen molar-refractivity contribution in [2.45, 2.75) is 25.8 Å². The number of Topliss-reactive ketones (excluding diaryl/α,β-unsaturated/α-hetero) is 1. The first-order chi connectivity index (χ1) is 16.4. The summed E-state index contributed by atoms with van der Waals surface area (Å²) in [5.74, 6) is 0.0574. The Balaban J connectivity index is 0.00000342. The minimum absolute atomic E-state index is 0. The Morgan fingerprint density at radius 3 is 2.34 bits per heavy atom. The standard InChI is InChI=1S/C26H21Cl3IN2O2.HI/c27-21-6-1-19(2-7-21)26(34-16-20-3-8-22(28)13-24(20)29)15-32-12-11-31(17-32)14-25(33)18-4-9-23(30)10-5-18;/h1-13,17,26H,14-16H2;1H/q+1;/p-1. The van der Waals surface area contributed by atoms with E-state index in [1.165, 1.54) is 0 Å². The van der Waals surface area contributed by atoms with Crippen molar-refractivity contribution >= 4 is 63.2 Å². The van der Waals surface area contributed by atoms with E-state index in [2.05, 4.69) is 22.6 Å². The second-order valence-electron chi connectivity index (χ2n) is 7.80. The molecular weight excluding hydrogens is 732 g/mol. The second-order valence-corrected chi connectivity index (χ2v) is 10.3. The first-order valence-corrected chi connectivity index (χ1v) is 12.7. The molecule has 0 aliphatic heterocycles. The molecule has 0 amide bonds. The maximum absolute atomic E-state index is 12.6. The average molecular weight is 754 g/mol. The van der Waals surface area contributed by atoms with E-state index >= 15 is 0 Å². The molecule has 0 aliphatic carbocycles. The summed E-state index contributed by atoms with van der Waals surface area (Å²) in [6.07, 6.45) is 5.48. The summed E-state index contributed by atoms with van der Waals surface area (Å²) in [6.45, 7) is 1.15. The number of imidazole rings is 1. The van der Waals surface area contributed by atoms with Crippen LogP contribution in [0.15, 0.2) is 85.5 Å². The van der Waals surface area contributed by atoms with Gasteiger partial charge in [0.05, 0.1) is 6.61 Å². The van der Waals surface area contributed by atoms with E-state index in [0.717, 1.165) is 14.7 Å². The first kappa shape index (κ1) is 28.4. The minimum Gasteiger partial charge on any atom is -1.00 e. The molecule has 1 heterocycles. The van der Waals surface area contributed by atoms with Crippen LogP contribution in [0.2, 0.25) is 15.1 Å². The van der Waals surface area contributed by atoms with Crippen molar-refractivity contribution in [2.24, 2.45) is 0 Å². The predicted molar refractivity (Wildman–Crippen MR) is 144 cm³/mol. The number of hydrogen-bond donors (Lipinski definition) is 0. The molecule has 0 spiro atoms. The molecule has 0 saturated heterocycles. The molecule has 35 heavy (non-hydrogen) atoms. The van der Waals surface area contributed by atoms with Gasteiger partial charge in [0, 0.05) is 24.2 Å². The summed E-state index contributed by atoms with van der Waals surface area (Å²) in [4.78, 5) is 12.6. The number of hydrogen-bond acceptors (Lipinski definition) is 2. The quantitative estimate of drug-likeness (QED) is 0.146. The molecule has 4 aromatic rings. The van der Waals surface area contributed by atoms with E-state index in [1.807, 2.05) is 82.5 Å². The third-order valence-corrected chi connectivity index (χ3v) is 6.87. The highest BCUT2D eigenvalue weighted by molar-refractivity contribution is 14.1. The van der Waals surface area contributed by atoms with Gasteiger partial charge in [0.25, 0.3) is 0 Å². The van der Waals surface area contributed by atoms with Crippen LogP contribution in [-0.4, -0.2) is 10.4 Å². The van der Waals surface area contributed by atoms with Crippen LogP contribution in [-0.2, 0) is 24.4 Å². The van der Waals surface area contributed by atoms with Gasteiger partial charge in [-0.05, 0) is 70.1 Å². The van der Waals surface area contributed by atoms with E-state index < -0.39 is 0 Å². The molecule has 182 valence electrons. The smallest absolute Gasteiger partial charge is 0.244 e. The number of carbonyl (C=O) groups excluding carboxylic acids is 1. The molecule has 0 radical (unpaired) electrons. The van der Waals surface area contributed by atoms with Crippen LogP contribution in [0.5, 0.6) is 0 Å². The van der Waals surface area contributed by atoms with E-state index in [4.69, 9.17) is 39.5 Å². The molecule has 3 aromatic carbocycles. The number of ether oxygens (including phenoxy) is 1. The van der Waals surface area contributed by atoms with Crippen molar-refractivity contribution in [3.63, 3.8) is 0 Å². The van der Waals surface area contributed by atoms with E-state index in [1.54, 1.807) is 12.1 Å². The number of rotatable bonds is 9. The number of ketones is 1. The summed E-state index contributed by atoms with van der Waals surface area (Å²) < 4.78 is 11.3. The van der Waals surface area contributed by atoms with Crippen molar-refractivity contribution in [3.05, 3.63) is 121 Å². The van der Waals surface area contributed by atoms with Gasteiger partial charge in [0.1, 0.15) is 25.0 Å². The fourth-order valence-electron chi connectivity index (χ4n) is 3.49. The summed E-state index contributed by atoms with van der Waals surface area (Å²) in [7, 11) is 0. The zero-order chi connectivity index (χ0) is 24.1. The molecule has 1 atom stereocenters. The summed E-state index contributed by atoms with van der Waals surface area (Å²) in [5, 5.41) is 1.81. The van der Waals surface area contributed by atoms with E-state index in [0.29, 0.717) is 33.8 Å². The van der Waals surface area contributed by atoms with Crippen LogP contribution in [0.1, 0.15) is 27.6 Å². The zero-order valence-corrected chi connectivity index (χ0v) is 25.0. The van der Waals surface area contributed by atoms with E-state index in [-0.39, 0.29) is 42.4 Å². The zero-order valence-electron chi connectivity index (χ0n) is 18.4. The molecule has 0 bridgehead atoms. The molecular formula is C26H21Cl3I2N2O2. The number of aromatic nitrogens is 2. The Morgan fingerprint density at radius 1 is 0.971 bits per heavy atom. The van der Waals surface area contributed by atoms with Gasteiger partial charge in [0.2, 0.25) is 12.1 Å². The fraction of sp³-hybridized carbons (Fsp3) is 0.154. The third kappa shape index (κ3) is 8.16. The molecule has 1 aromatic heterocycles. The van der Waals surface area contributed by atoms with E-state index in [9.17, 15) is 4.79 Å². The Bertz CT molecular complexity index is 1280.